The Bertz CT molecular complexity index is 285. The molecule has 2 unspecified atom stereocenters. The Balaban J connectivity index is 2.76. The fraction of sp³-hybridized carbons (Fsp3) is 0.375. The molecule has 0 aromatic carbocycles. The van der Waals surface area contributed by atoms with Gasteiger partial charge in [-0.3, -0.25) is 4.79 Å². The molecule has 5 heteroatoms. The number of hydrogen-bond donors (Lipinski definition) is 3. The molecule has 13 heavy (non-hydrogen) atoms. The molecular formula is C8H10O3S2. The van der Waals surface area contributed by atoms with Crippen molar-refractivity contribution in [3.05, 3.63) is 21.9 Å². The third-order valence-corrected chi connectivity index (χ3v) is 2.90. The first-order valence-electron chi connectivity index (χ1n) is 3.69. The lowest BCUT2D eigenvalue weighted by molar-refractivity contribution is 0.0340. The Kier molecular flexibility index (Phi) is 3.92. The quantitative estimate of drug-likeness (QED) is 0.519. The molecule has 3 nitrogen and oxygen atoms in total. The van der Waals surface area contributed by atoms with E-state index in [4.69, 9.17) is 0 Å². The predicted octanol–water partition coefficient (Wildman–Crippen LogP) is 0.885. The van der Waals surface area contributed by atoms with Crippen molar-refractivity contribution < 1.29 is 15.0 Å². The van der Waals surface area contributed by atoms with E-state index in [1.807, 2.05) is 0 Å². The van der Waals surface area contributed by atoms with Gasteiger partial charge in [0.05, 0.1) is 11.0 Å². The first kappa shape index (κ1) is 10.7. The normalized spacial score (nSPS) is 15.3. The lowest BCUT2D eigenvalue weighted by atomic mass is 10.1. The summed E-state index contributed by atoms with van der Waals surface area (Å²) in [5.41, 5.74) is 0.564. The van der Waals surface area contributed by atoms with Gasteiger partial charge in [0.2, 0.25) is 0 Å². The monoisotopic (exact) mass is 218 g/mol. The van der Waals surface area contributed by atoms with Gasteiger partial charge in [0.15, 0.2) is 6.29 Å². The van der Waals surface area contributed by atoms with Gasteiger partial charge in [-0.1, -0.05) is 0 Å². The van der Waals surface area contributed by atoms with Gasteiger partial charge in [-0.2, -0.15) is 12.6 Å². The van der Waals surface area contributed by atoms with Gasteiger partial charge in [-0.05, 0) is 17.0 Å². The Morgan fingerprint density at radius 3 is 2.77 bits per heavy atom. The summed E-state index contributed by atoms with van der Waals surface area (Å²) < 4.78 is 0. The smallest absolute Gasteiger partial charge is 0.160 e. The highest BCUT2D eigenvalue weighted by Crippen LogP contribution is 2.22. The zero-order chi connectivity index (χ0) is 9.84. The molecule has 0 saturated carbocycles. The second kappa shape index (κ2) is 4.76. The van der Waals surface area contributed by atoms with Gasteiger partial charge >= 0.3 is 0 Å². The van der Waals surface area contributed by atoms with Gasteiger partial charge in [0.1, 0.15) is 6.10 Å². The van der Waals surface area contributed by atoms with E-state index >= 15 is 0 Å². The van der Waals surface area contributed by atoms with Gasteiger partial charge < -0.3 is 10.2 Å². The molecule has 0 aliphatic rings. The Morgan fingerprint density at radius 2 is 2.31 bits per heavy atom. The lowest BCUT2D eigenvalue weighted by Gasteiger charge is -2.13. The average Bonchev–Trinajstić information content (AvgIpc) is 2.63. The molecule has 0 fully saturated rings. The molecule has 2 N–H and O–H groups in total. The molecule has 1 rings (SSSR count). The lowest BCUT2D eigenvalue weighted by Crippen LogP contribution is -2.19. The van der Waals surface area contributed by atoms with Crippen LogP contribution in [0.3, 0.4) is 0 Å². The summed E-state index contributed by atoms with van der Waals surface area (Å²) in [4.78, 5) is 10.9. The van der Waals surface area contributed by atoms with Crippen LogP contribution in [0.25, 0.3) is 0 Å². The van der Waals surface area contributed by atoms with E-state index in [1.165, 1.54) is 11.3 Å². The number of aldehydes is 1. The Labute approximate surface area is 85.4 Å². The van der Waals surface area contributed by atoms with Crippen LogP contribution >= 0.6 is 24.0 Å². The molecule has 1 heterocycles. The van der Waals surface area contributed by atoms with Crippen molar-refractivity contribution in [2.75, 3.05) is 5.75 Å². The van der Waals surface area contributed by atoms with Crippen LogP contribution in [0.1, 0.15) is 21.3 Å². The highest BCUT2D eigenvalue weighted by molar-refractivity contribution is 7.80. The van der Waals surface area contributed by atoms with E-state index < -0.39 is 12.2 Å². The third-order valence-electron chi connectivity index (χ3n) is 1.65. The maximum atomic E-state index is 10.3. The zero-order valence-electron chi connectivity index (χ0n) is 6.75. The second-order valence-corrected chi connectivity index (χ2v) is 3.90. The number of aliphatic hydroxyl groups is 2. The van der Waals surface area contributed by atoms with Crippen LogP contribution in [-0.2, 0) is 0 Å². The van der Waals surface area contributed by atoms with Crippen molar-refractivity contribution >= 4 is 30.3 Å². The Hall–Kier alpha value is -0.360. The standard InChI is InChI=1S/C8H10O3S2/c9-2-6-1-5(4-13-6)8(11)7(10)3-12/h1-2,4,7-8,10-12H,3H2. The fourth-order valence-electron chi connectivity index (χ4n) is 0.907. The maximum Gasteiger partial charge on any atom is 0.160 e. The minimum Gasteiger partial charge on any atom is -0.389 e. The second-order valence-electron chi connectivity index (χ2n) is 2.60. The Morgan fingerprint density at radius 1 is 1.62 bits per heavy atom. The van der Waals surface area contributed by atoms with Gasteiger partial charge in [0.25, 0.3) is 0 Å². The minimum atomic E-state index is -0.956. The van der Waals surface area contributed by atoms with Crippen LogP contribution in [0.5, 0.6) is 0 Å². The molecule has 1 aromatic heterocycles. The molecule has 1 aromatic rings. The molecule has 0 radical (unpaired) electrons. The summed E-state index contributed by atoms with van der Waals surface area (Å²) in [6.07, 6.45) is -1.13. The summed E-state index contributed by atoms with van der Waals surface area (Å²) in [7, 11) is 0. The fourth-order valence-corrected chi connectivity index (χ4v) is 1.85. The molecule has 72 valence electrons. The summed E-state index contributed by atoms with van der Waals surface area (Å²) in [6.45, 7) is 0. The molecule has 0 bridgehead atoms. The van der Waals surface area contributed by atoms with Crippen LogP contribution in [0, 0.1) is 0 Å². The highest BCUT2D eigenvalue weighted by Gasteiger charge is 2.17. The summed E-state index contributed by atoms with van der Waals surface area (Å²) >= 11 is 5.10. The van der Waals surface area contributed by atoms with Crippen molar-refractivity contribution in [1.29, 1.82) is 0 Å². The number of hydrogen-bond acceptors (Lipinski definition) is 5. The van der Waals surface area contributed by atoms with Crippen LogP contribution < -0.4 is 0 Å². The van der Waals surface area contributed by atoms with Crippen molar-refractivity contribution in [3.8, 4) is 0 Å². The van der Waals surface area contributed by atoms with E-state index in [1.54, 1.807) is 11.4 Å². The first-order chi connectivity index (χ1) is 6.19. The topological polar surface area (TPSA) is 57.5 Å². The average molecular weight is 218 g/mol. The van der Waals surface area contributed by atoms with Crippen molar-refractivity contribution in [3.63, 3.8) is 0 Å². The van der Waals surface area contributed by atoms with Crippen LogP contribution in [-0.4, -0.2) is 28.4 Å². The van der Waals surface area contributed by atoms with Gasteiger partial charge in [-0.15, -0.1) is 11.3 Å². The minimum absolute atomic E-state index is 0.188. The van der Waals surface area contributed by atoms with Crippen molar-refractivity contribution in [2.45, 2.75) is 12.2 Å². The summed E-state index contributed by atoms with van der Waals surface area (Å²) in [5, 5.41) is 20.4. The van der Waals surface area contributed by atoms with E-state index in [9.17, 15) is 15.0 Å². The highest BCUT2D eigenvalue weighted by atomic mass is 32.1. The summed E-state index contributed by atoms with van der Waals surface area (Å²) in [5.74, 6) is 0.188. The molecule has 2 atom stereocenters. The van der Waals surface area contributed by atoms with E-state index in [0.717, 1.165) is 0 Å². The molecule has 0 aliphatic carbocycles. The van der Waals surface area contributed by atoms with Crippen molar-refractivity contribution in [1.82, 2.24) is 0 Å². The maximum absolute atomic E-state index is 10.3. The van der Waals surface area contributed by atoms with Gasteiger partial charge in [0, 0.05) is 5.75 Å². The molecule has 0 spiro atoms. The van der Waals surface area contributed by atoms with Gasteiger partial charge in [-0.25, -0.2) is 0 Å². The van der Waals surface area contributed by atoms with Crippen LogP contribution in [0.4, 0.5) is 0 Å². The largest absolute Gasteiger partial charge is 0.389 e. The predicted molar refractivity (Wildman–Crippen MR) is 54.5 cm³/mol. The number of rotatable bonds is 4. The third kappa shape index (κ3) is 2.54. The summed E-state index contributed by atoms with van der Waals surface area (Å²) in [6, 6.07) is 1.56. The molecule has 0 amide bonds. The van der Waals surface area contributed by atoms with E-state index in [-0.39, 0.29) is 5.75 Å². The molecule has 0 aliphatic heterocycles. The number of thiophene rings is 1. The van der Waals surface area contributed by atoms with E-state index in [2.05, 4.69) is 12.6 Å². The molecule has 0 saturated heterocycles. The first-order valence-corrected chi connectivity index (χ1v) is 5.21. The number of carbonyl (C=O) groups is 1. The van der Waals surface area contributed by atoms with E-state index in [0.29, 0.717) is 16.7 Å². The number of thiol groups is 1. The number of carbonyl (C=O) groups excluding carboxylic acids is 1. The molecular weight excluding hydrogens is 208 g/mol. The number of aliphatic hydroxyl groups excluding tert-OH is 2. The zero-order valence-corrected chi connectivity index (χ0v) is 8.46. The van der Waals surface area contributed by atoms with Crippen LogP contribution in [0.15, 0.2) is 11.4 Å². The van der Waals surface area contributed by atoms with Crippen molar-refractivity contribution in [2.24, 2.45) is 0 Å². The SMILES string of the molecule is O=Cc1cc(C(O)C(O)CS)cs1. The van der Waals surface area contributed by atoms with Crippen LogP contribution in [0.2, 0.25) is 0 Å².